The van der Waals surface area contributed by atoms with E-state index in [2.05, 4.69) is 5.10 Å². The number of Topliss-reactive ketones (excluding diaryl/α,β-unsaturated/α-hetero) is 1. The first-order valence-corrected chi connectivity index (χ1v) is 10.9. The molecule has 0 aliphatic carbocycles. The number of carbonyl (C=O) groups is 2. The van der Waals surface area contributed by atoms with Gasteiger partial charge in [-0.05, 0) is 55.5 Å². The largest absolute Gasteiger partial charge is 0.485 e. The number of rotatable bonds is 6. The maximum Gasteiger partial charge on any atom is 0.264 e. The highest BCUT2D eigenvalue weighted by Crippen LogP contribution is 2.34. The van der Waals surface area contributed by atoms with E-state index in [1.807, 2.05) is 66.2 Å². The predicted molar refractivity (Wildman–Crippen MR) is 129 cm³/mol. The predicted octanol–water partition coefficient (Wildman–Crippen LogP) is 4.46. The third kappa shape index (κ3) is 4.03. The molecular weight excluding hydrogens is 430 g/mol. The number of ketones is 1. The van der Waals surface area contributed by atoms with Crippen LogP contribution in [0.4, 0.5) is 5.69 Å². The Morgan fingerprint density at radius 2 is 1.88 bits per heavy atom. The smallest absolute Gasteiger partial charge is 0.264 e. The lowest BCUT2D eigenvalue weighted by atomic mass is 10.1. The van der Waals surface area contributed by atoms with E-state index < -0.39 is 0 Å². The molecule has 0 N–H and O–H groups in total. The summed E-state index contributed by atoms with van der Waals surface area (Å²) in [6, 6.07) is 22.7. The summed E-state index contributed by atoms with van der Waals surface area (Å²) in [5, 5.41) is 4.48. The monoisotopic (exact) mass is 453 g/mol. The number of para-hydroxylation sites is 1. The average molecular weight is 453 g/mol. The molecule has 3 aromatic carbocycles. The SMILES string of the molecule is Cc1ccc(OCC(=O)c2ccc3c(c2)N(C)C(=O)CO3)c(-c2ccnn2-c2ccccc2)c1. The van der Waals surface area contributed by atoms with Crippen molar-refractivity contribution in [1.29, 1.82) is 0 Å². The van der Waals surface area contributed by atoms with Crippen molar-refractivity contribution in [3.63, 3.8) is 0 Å². The molecular formula is C27H23N3O4. The lowest BCUT2D eigenvalue weighted by molar-refractivity contribution is -0.120. The normalized spacial score (nSPS) is 12.8. The van der Waals surface area contributed by atoms with Gasteiger partial charge in [0.1, 0.15) is 11.5 Å². The number of ether oxygens (including phenoxy) is 2. The van der Waals surface area contributed by atoms with E-state index >= 15 is 0 Å². The summed E-state index contributed by atoms with van der Waals surface area (Å²) in [7, 11) is 1.67. The second-order valence-corrected chi connectivity index (χ2v) is 8.10. The molecule has 0 unspecified atom stereocenters. The molecule has 2 heterocycles. The number of carbonyl (C=O) groups excluding carboxylic acids is 2. The van der Waals surface area contributed by atoms with Crippen molar-refractivity contribution >= 4 is 17.4 Å². The van der Waals surface area contributed by atoms with Gasteiger partial charge in [0.15, 0.2) is 19.0 Å². The number of hydrogen-bond donors (Lipinski definition) is 0. The molecule has 34 heavy (non-hydrogen) atoms. The van der Waals surface area contributed by atoms with Gasteiger partial charge in [-0.3, -0.25) is 9.59 Å². The van der Waals surface area contributed by atoms with Crippen LogP contribution in [-0.4, -0.2) is 41.7 Å². The zero-order valence-electron chi connectivity index (χ0n) is 18.9. The summed E-state index contributed by atoms with van der Waals surface area (Å²) < 4.78 is 13.3. The van der Waals surface area contributed by atoms with Gasteiger partial charge in [-0.25, -0.2) is 4.68 Å². The van der Waals surface area contributed by atoms with Crippen molar-refractivity contribution in [2.45, 2.75) is 6.92 Å². The van der Waals surface area contributed by atoms with E-state index in [-0.39, 0.29) is 24.9 Å². The number of hydrogen-bond acceptors (Lipinski definition) is 5. The Morgan fingerprint density at radius 1 is 1.06 bits per heavy atom. The highest BCUT2D eigenvalue weighted by molar-refractivity contribution is 6.02. The fraction of sp³-hybridized carbons (Fsp3) is 0.148. The molecule has 4 aromatic rings. The fourth-order valence-corrected chi connectivity index (χ4v) is 3.92. The third-order valence-electron chi connectivity index (χ3n) is 5.78. The van der Waals surface area contributed by atoms with Gasteiger partial charge in [0, 0.05) is 18.2 Å². The first-order valence-electron chi connectivity index (χ1n) is 10.9. The van der Waals surface area contributed by atoms with Gasteiger partial charge < -0.3 is 14.4 Å². The first-order chi connectivity index (χ1) is 16.5. The van der Waals surface area contributed by atoms with Crippen LogP contribution in [0.2, 0.25) is 0 Å². The van der Waals surface area contributed by atoms with E-state index in [9.17, 15) is 9.59 Å². The molecule has 7 nitrogen and oxygen atoms in total. The van der Waals surface area contributed by atoms with Gasteiger partial charge in [0.2, 0.25) is 0 Å². The van der Waals surface area contributed by atoms with E-state index in [0.717, 1.165) is 22.5 Å². The van der Waals surface area contributed by atoms with Crippen LogP contribution in [0.15, 0.2) is 79.0 Å². The quantitative estimate of drug-likeness (QED) is 0.403. The van der Waals surface area contributed by atoms with Crippen molar-refractivity contribution in [3.8, 4) is 28.4 Å². The summed E-state index contributed by atoms with van der Waals surface area (Å²) in [4.78, 5) is 26.4. The number of benzene rings is 3. The van der Waals surface area contributed by atoms with Crippen LogP contribution in [0.5, 0.6) is 11.5 Å². The zero-order chi connectivity index (χ0) is 23.7. The Hall–Kier alpha value is -4.39. The Bertz CT molecular complexity index is 1380. The fourth-order valence-electron chi connectivity index (χ4n) is 3.92. The second kappa shape index (κ2) is 8.86. The molecule has 0 atom stereocenters. The van der Waals surface area contributed by atoms with Crippen LogP contribution >= 0.6 is 0 Å². The van der Waals surface area contributed by atoms with Gasteiger partial charge in [0.25, 0.3) is 5.91 Å². The van der Waals surface area contributed by atoms with E-state index in [1.165, 1.54) is 4.90 Å². The Balaban J connectivity index is 1.41. The minimum Gasteiger partial charge on any atom is -0.485 e. The topological polar surface area (TPSA) is 73.7 Å². The first kappa shape index (κ1) is 21.5. The van der Waals surface area contributed by atoms with Crippen molar-refractivity contribution < 1.29 is 19.1 Å². The van der Waals surface area contributed by atoms with E-state index in [4.69, 9.17) is 9.47 Å². The minimum atomic E-state index is -0.197. The lowest BCUT2D eigenvalue weighted by Crippen LogP contribution is -2.35. The molecule has 0 spiro atoms. The molecule has 0 saturated carbocycles. The number of aryl methyl sites for hydroxylation is 1. The minimum absolute atomic E-state index is 0.00430. The Kier molecular flexibility index (Phi) is 5.59. The summed E-state index contributed by atoms with van der Waals surface area (Å²) in [6.07, 6.45) is 1.74. The summed E-state index contributed by atoms with van der Waals surface area (Å²) in [5.41, 5.74) is 4.73. The summed E-state index contributed by atoms with van der Waals surface area (Å²) >= 11 is 0. The van der Waals surface area contributed by atoms with Crippen molar-refractivity contribution in [3.05, 3.63) is 90.1 Å². The number of amides is 1. The summed E-state index contributed by atoms with van der Waals surface area (Å²) in [6.45, 7) is 1.86. The van der Waals surface area contributed by atoms with Gasteiger partial charge in [-0.15, -0.1) is 0 Å². The van der Waals surface area contributed by atoms with Crippen LogP contribution in [0, 0.1) is 6.92 Å². The van der Waals surface area contributed by atoms with Gasteiger partial charge in [0.05, 0.1) is 23.3 Å². The third-order valence-corrected chi connectivity index (χ3v) is 5.78. The van der Waals surface area contributed by atoms with Crippen LogP contribution in [0.1, 0.15) is 15.9 Å². The molecule has 7 heteroatoms. The molecule has 0 saturated heterocycles. The van der Waals surface area contributed by atoms with Crippen molar-refractivity contribution in [1.82, 2.24) is 9.78 Å². The van der Waals surface area contributed by atoms with Gasteiger partial charge in [-0.1, -0.05) is 29.8 Å². The van der Waals surface area contributed by atoms with E-state index in [1.54, 1.807) is 31.4 Å². The highest BCUT2D eigenvalue weighted by Gasteiger charge is 2.23. The standard InChI is InChI=1S/C27H23N3O4/c1-18-8-10-25(21(14-18)22-12-13-28-30(22)20-6-4-3-5-7-20)33-16-24(31)19-9-11-26-23(15-19)29(2)27(32)17-34-26/h3-15H,16-17H2,1-2H3. The lowest BCUT2D eigenvalue weighted by Gasteiger charge is -2.26. The van der Waals surface area contributed by atoms with Gasteiger partial charge in [-0.2, -0.15) is 5.10 Å². The molecule has 1 aliphatic rings. The molecule has 0 bridgehead atoms. The molecule has 5 rings (SSSR count). The van der Waals surface area contributed by atoms with Gasteiger partial charge >= 0.3 is 0 Å². The Morgan fingerprint density at radius 3 is 2.71 bits per heavy atom. The summed E-state index contributed by atoms with van der Waals surface area (Å²) in [5.74, 6) is 0.810. The number of anilines is 1. The highest BCUT2D eigenvalue weighted by atomic mass is 16.5. The molecule has 0 radical (unpaired) electrons. The molecule has 1 aromatic heterocycles. The van der Waals surface area contributed by atoms with Crippen LogP contribution < -0.4 is 14.4 Å². The second-order valence-electron chi connectivity index (χ2n) is 8.10. The van der Waals surface area contributed by atoms with Crippen LogP contribution in [0.3, 0.4) is 0 Å². The number of likely N-dealkylation sites (N-methyl/N-ethyl adjacent to an activating group) is 1. The van der Waals surface area contributed by atoms with Crippen LogP contribution in [-0.2, 0) is 4.79 Å². The number of fused-ring (bicyclic) bond motifs is 1. The number of nitrogens with zero attached hydrogens (tertiary/aromatic N) is 3. The maximum absolute atomic E-state index is 13.0. The molecule has 170 valence electrons. The van der Waals surface area contributed by atoms with Crippen LogP contribution in [0.25, 0.3) is 16.9 Å². The Labute approximate surface area is 197 Å². The van der Waals surface area contributed by atoms with E-state index in [0.29, 0.717) is 22.7 Å². The number of aromatic nitrogens is 2. The molecule has 0 fully saturated rings. The maximum atomic E-state index is 13.0. The molecule has 1 amide bonds. The average Bonchev–Trinajstić information content (AvgIpc) is 3.35. The van der Waals surface area contributed by atoms with Crippen molar-refractivity contribution in [2.24, 2.45) is 0 Å². The zero-order valence-corrected chi connectivity index (χ0v) is 18.9. The molecule has 1 aliphatic heterocycles. The van der Waals surface area contributed by atoms with Crippen molar-refractivity contribution in [2.75, 3.05) is 25.2 Å².